The number of fused-ring (bicyclic) bond motifs is 1. The number of rotatable bonds is 9. The van der Waals surface area contributed by atoms with Gasteiger partial charge in [0.05, 0.1) is 18.2 Å². The number of pyridine rings is 2. The first-order valence-corrected chi connectivity index (χ1v) is 16.0. The molecule has 6 rings (SSSR count). The first-order chi connectivity index (χ1) is 23.7. The molecule has 1 fully saturated rings. The number of benzene rings is 1. The molecule has 5 heterocycles. The van der Waals surface area contributed by atoms with Crippen LogP contribution in [0.5, 0.6) is 0 Å². The third kappa shape index (κ3) is 7.28. The van der Waals surface area contributed by atoms with E-state index in [9.17, 15) is 31.1 Å². The maximum absolute atomic E-state index is 14.5. The van der Waals surface area contributed by atoms with Crippen LogP contribution in [-0.4, -0.2) is 55.2 Å². The zero-order valence-electron chi connectivity index (χ0n) is 27.2. The molecule has 0 unspecified atom stereocenters. The van der Waals surface area contributed by atoms with E-state index in [0.717, 1.165) is 49.2 Å². The van der Waals surface area contributed by atoms with Crippen molar-refractivity contribution >= 4 is 17.5 Å². The Hall–Kier alpha value is -5.04. The van der Waals surface area contributed by atoms with E-state index >= 15 is 0 Å². The maximum Gasteiger partial charge on any atom is 0.433 e. The lowest BCUT2D eigenvalue weighted by atomic mass is 9.96. The molecule has 0 spiro atoms. The summed E-state index contributed by atoms with van der Waals surface area (Å²) in [4.78, 5) is 25.3. The Morgan fingerprint density at radius 1 is 1.04 bits per heavy atom. The number of unbranched alkanes of at least 4 members (excludes halogenated alkanes) is 1. The summed E-state index contributed by atoms with van der Waals surface area (Å²) >= 11 is 0. The van der Waals surface area contributed by atoms with Gasteiger partial charge in [0, 0.05) is 50.4 Å². The fraction of sp³-hybridized carbons (Fsp3) is 0.412. The van der Waals surface area contributed by atoms with E-state index in [1.54, 1.807) is 7.05 Å². The number of likely N-dealkylation sites (tertiary alicyclic amines) is 1. The van der Waals surface area contributed by atoms with Gasteiger partial charge in [-0.1, -0.05) is 6.92 Å². The van der Waals surface area contributed by atoms with Crippen molar-refractivity contribution in [1.82, 2.24) is 29.6 Å². The number of hydrogen-bond donors (Lipinski definition) is 1. The number of aromatic nitrogens is 5. The van der Waals surface area contributed by atoms with Crippen LogP contribution in [0.3, 0.4) is 0 Å². The molecule has 16 heteroatoms. The van der Waals surface area contributed by atoms with Gasteiger partial charge in [-0.15, -0.1) is 10.2 Å². The number of piperidine rings is 1. The maximum atomic E-state index is 14.5. The van der Waals surface area contributed by atoms with Gasteiger partial charge >= 0.3 is 12.4 Å². The Labute approximate surface area is 283 Å². The number of amides is 1. The van der Waals surface area contributed by atoms with E-state index in [-0.39, 0.29) is 64.8 Å². The summed E-state index contributed by atoms with van der Waals surface area (Å²) in [5.74, 6) is -0.0261. The van der Waals surface area contributed by atoms with Crippen LogP contribution in [-0.2, 0) is 32.5 Å². The molecule has 1 N–H and O–H groups in total. The van der Waals surface area contributed by atoms with Crippen LogP contribution in [0.2, 0.25) is 0 Å². The van der Waals surface area contributed by atoms with Gasteiger partial charge in [0.15, 0.2) is 5.82 Å². The largest absolute Gasteiger partial charge is 0.433 e. The summed E-state index contributed by atoms with van der Waals surface area (Å²) in [7, 11) is 1.61. The summed E-state index contributed by atoms with van der Waals surface area (Å²) in [5.41, 5.74) is -1.63. The van der Waals surface area contributed by atoms with E-state index in [1.165, 1.54) is 29.1 Å². The van der Waals surface area contributed by atoms with Gasteiger partial charge in [0.25, 0.3) is 5.91 Å². The number of hydrogen-bond acceptors (Lipinski definition) is 8. The molecule has 2 aliphatic rings. The number of alkyl halides is 6. The summed E-state index contributed by atoms with van der Waals surface area (Å²) < 4.78 is 86.8. The van der Waals surface area contributed by atoms with Crippen molar-refractivity contribution in [2.45, 2.75) is 58.0 Å². The SMILES string of the molecule is C[C@H]1CCCN(Cc2cc3c(c(C(F)(F)F)c2)CN(c2cc(-c4cc(C(F)(F)F)ncc4-c4nncn4C)cc(NCCCC#N)n2)C3=O)C1. The second-order valence-electron chi connectivity index (χ2n) is 12.7. The Morgan fingerprint density at radius 3 is 2.52 bits per heavy atom. The monoisotopic (exact) mass is 697 g/mol. The van der Waals surface area contributed by atoms with Crippen molar-refractivity contribution < 1.29 is 31.1 Å². The van der Waals surface area contributed by atoms with Crippen molar-refractivity contribution in [3.63, 3.8) is 0 Å². The molecule has 4 aromatic rings. The smallest absolute Gasteiger partial charge is 0.370 e. The van der Waals surface area contributed by atoms with Crippen LogP contribution in [0, 0.1) is 17.2 Å². The second-order valence-corrected chi connectivity index (χ2v) is 12.7. The molecule has 1 saturated heterocycles. The molecule has 10 nitrogen and oxygen atoms in total. The highest BCUT2D eigenvalue weighted by Gasteiger charge is 2.41. The molecule has 0 aliphatic carbocycles. The lowest BCUT2D eigenvalue weighted by Crippen LogP contribution is -2.33. The van der Waals surface area contributed by atoms with Gasteiger partial charge in [0.2, 0.25) is 0 Å². The molecule has 1 aromatic carbocycles. The summed E-state index contributed by atoms with van der Waals surface area (Å²) in [6.45, 7) is 3.64. The molecule has 1 amide bonds. The predicted octanol–water partition coefficient (Wildman–Crippen LogP) is 7.08. The van der Waals surface area contributed by atoms with Gasteiger partial charge in [-0.3, -0.25) is 19.6 Å². The van der Waals surface area contributed by atoms with Crippen LogP contribution >= 0.6 is 0 Å². The molecular formula is C34H33F6N9O. The van der Waals surface area contributed by atoms with E-state index in [2.05, 4.69) is 37.3 Å². The van der Waals surface area contributed by atoms with E-state index in [0.29, 0.717) is 17.9 Å². The van der Waals surface area contributed by atoms with Crippen LogP contribution in [0.4, 0.5) is 38.0 Å². The number of carbonyl (C=O) groups is 1. The van der Waals surface area contributed by atoms with Crippen molar-refractivity contribution in [2.75, 3.05) is 29.9 Å². The number of carbonyl (C=O) groups excluding carboxylic acids is 1. The average molecular weight is 698 g/mol. The standard InChI is InChI=1S/C34H33F6N9O/c1-20-6-5-9-48(16-20)17-21-10-24-26(27(11-21)33(35,36)37)18-49(32(24)50)30-13-22(12-29(45-30)42-8-4-3-7-41)23-14-28(34(38,39)40)43-15-25(23)31-46-44-19-47(31)2/h10-15,19-20H,3-6,8-9,16-18H2,1-2H3,(H,42,45)/t20-/m0/s1. The van der Waals surface area contributed by atoms with Crippen LogP contribution < -0.4 is 10.2 Å². The molecule has 1 atom stereocenters. The van der Waals surface area contributed by atoms with Crippen LogP contribution in [0.1, 0.15) is 65.3 Å². The van der Waals surface area contributed by atoms with Crippen molar-refractivity contribution in [3.8, 4) is 28.6 Å². The summed E-state index contributed by atoms with van der Waals surface area (Å²) in [6, 6.07) is 8.31. The van der Waals surface area contributed by atoms with Gasteiger partial charge in [-0.05, 0) is 84.3 Å². The van der Waals surface area contributed by atoms with Crippen LogP contribution in [0.15, 0.2) is 42.9 Å². The number of nitrogens with zero attached hydrogens (tertiary/aromatic N) is 8. The number of anilines is 2. The normalized spacial score (nSPS) is 16.8. The Morgan fingerprint density at radius 2 is 1.84 bits per heavy atom. The Kier molecular flexibility index (Phi) is 9.54. The van der Waals surface area contributed by atoms with Crippen molar-refractivity contribution in [3.05, 3.63) is 70.8 Å². The van der Waals surface area contributed by atoms with Crippen molar-refractivity contribution in [1.29, 1.82) is 5.26 Å². The quantitative estimate of drug-likeness (QED) is 0.146. The number of nitrogens with one attached hydrogen (secondary N) is 1. The zero-order chi connectivity index (χ0) is 35.8. The Balaban J connectivity index is 1.45. The van der Waals surface area contributed by atoms with E-state index in [1.807, 2.05) is 6.07 Å². The second kappa shape index (κ2) is 13.7. The number of aryl methyl sites for hydroxylation is 1. The molecule has 0 radical (unpaired) electrons. The highest BCUT2D eigenvalue weighted by Crippen LogP contribution is 2.42. The minimum absolute atomic E-state index is 0.0327. The highest BCUT2D eigenvalue weighted by molar-refractivity contribution is 6.10. The van der Waals surface area contributed by atoms with E-state index in [4.69, 9.17) is 5.26 Å². The molecule has 50 heavy (non-hydrogen) atoms. The van der Waals surface area contributed by atoms with Crippen LogP contribution in [0.25, 0.3) is 22.5 Å². The summed E-state index contributed by atoms with van der Waals surface area (Å²) in [5, 5.41) is 19.9. The Bertz CT molecular complexity index is 1950. The van der Waals surface area contributed by atoms with Crippen molar-refractivity contribution in [2.24, 2.45) is 13.0 Å². The van der Waals surface area contributed by atoms with Gasteiger partial charge in [-0.25, -0.2) is 4.98 Å². The zero-order valence-corrected chi connectivity index (χ0v) is 27.2. The average Bonchev–Trinajstić information content (AvgIpc) is 3.64. The summed E-state index contributed by atoms with van der Waals surface area (Å²) in [6.07, 6.45) is -4.55. The molecule has 262 valence electrons. The molecular weight excluding hydrogens is 664 g/mol. The minimum Gasteiger partial charge on any atom is -0.370 e. The minimum atomic E-state index is -4.80. The lowest BCUT2D eigenvalue weighted by Gasteiger charge is -2.31. The fourth-order valence-corrected chi connectivity index (χ4v) is 6.52. The van der Waals surface area contributed by atoms with Gasteiger partial charge < -0.3 is 9.88 Å². The molecule has 3 aromatic heterocycles. The first kappa shape index (κ1) is 34.8. The number of halogens is 6. The predicted molar refractivity (Wildman–Crippen MR) is 171 cm³/mol. The lowest BCUT2D eigenvalue weighted by molar-refractivity contribution is -0.141. The fourth-order valence-electron chi connectivity index (χ4n) is 6.52. The number of nitriles is 1. The topological polar surface area (TPSA) is 116 Å². The third-order valence-corrected chi connectivity index (χ3v) is 8.87. The molecule has 0 bridgehead atoms. The highest BCUT2D eigenvalue weighted by atomic mass is 19.4. The van der Waals surface area contributed by atoms with Gasteiger partial charge in [-0.2, -0.15) is 31.6 Å². The van der Waals surface area contributed by atoms with Gasteiger partial charge in [0.1, 0.15) is 23.7 Å². The third-order valence-electron chi connectivity index (χ3n) is 8.87. The first-order valence-electron chi connectivity index (χ1n) is 16.0. The molecule has 2 aliphatic heterocycles. The van der Waals surface area contributed by atoms with E-state index < -0.39 is 36.1 Å². The molecule has 0 saturated carbocycles.